The van der Waals surface area contributed by atoms with Gasteiger partial charge in [-0.25, -0.2) is 0 Å². The summed E-state index contributed by atoms with van der Waals surface area (Å²) in [5.41, 5.74) is 4.81. The van der Waals surface area contributed by atoms with Crippen molar-refractivity contribution in [1.29, 1.82) is 0 Å². The molecule has 4 heteroatoms. The van der Waals surface area contributed by atoms with Gasteiger partial charge in [-0.1, -0.05) is 0 Å². The fourth-order valence-corrected chi connectivity index (χ4v) is 0.476. The Labute approximate surface area is 52.8 Å². The van der Waals surface area contributed by atoms with Gasteiger partial charge in [0.2, 0.25) is 5.91 Å². The minimum Gasteiger partial charge on any atom is -0.370 e. The summed E-state index contributed by atoms with van der Waals surface area (Å²) in [6.07, 6.45) is 2.10. The lowest BCUT2D eigenvalue weighted by Gasteiger charge is -1.92. The van der Waals surface area contributed by atoms with Crippen LogP contribution in [0.1, 0.15) is 6.42 Å². The standard InChI is InChI=1S/C4H9NO2S/c1-8-7-3-2-4(5)6/h2-3H2,1H3,(H2,5,6). The van der Waals surface area contributed by atoms with Crippen molar-refractivity contribution in [2.45, 2.75) is 6.42 Å². The van der Waals surface area contributed by atoms with E-state index in [-0.39, 0.29) is 5.91 Å². The van der Waals surface area contributed by atoms with Crippen molar-refractivity contribution in [1.82, 2.24) is 0 Å². The number of primary amides is 1. The summed E-state index contributed by atoms with van der Waals surface area (Å²) in [5, 5.41) is 0. The molecule has 0 aromatic carbocycles. The third-order valence-electron chi connectivity index (χ3n) is 0.550. The van der Waals surface area contributed by atoms with Gasteiger partial charge in [-0.05, 0) is 12.0 Å². The second-order valence-corrected chi connectivity index (χ2v) is 1.77. The number of carbonyl (C=O) groups excluding carboxylic acids is 1. The molecule has 0 rings (SSSR count). The molecule has 2 N–H and O–H groups in total. The van der Waals surface area contributed by atoms with Gasteiger partial charge in [0, 0.05) is 6.26 Å². The van der Waals surface area contributed by atoms with Crippen LogP contribution in [0.25, 0.3) is 0 Å². The summed E-state index contributed by atoms with van der Waals surface area (Å²) in [4.78, 5) is 10.0. The van der Waals surface area contributed by atoms with Crippen LogP contribution in [0.4, 0.5) is 0 Å². The molecule has 0 unspecified atom stereocenters. The summed E-state index contributed by atoms with van der Waals surface area (Å²) in [7, 11) is 0. The van der Waals surface area contributed by atoms with Gasteiger partial charge in [-0.3, -0.25) is 4.79 Å². The van der Waals surface area contributed by atoms with E-state index in [0.29, 0.717) is 13.0 Å². The fourth-order valence-electron chi connectivity index (χ4n) is 0.226. The Kier molecular flexibility index (Phi) is 4.79. The monoisotopic (exact) mass is 135 g/mol. The molecule has 0 radical (unpaired) electrons. The number of nitrogens with two attached hydrogens (primary N) is 1. The molecule has 3 nitrogen and oxygen atoms in total. The van der Waals surface area contributed by atoms with E-state index in [4.69, 9.17) is 9.92 Å². The predicted octanol–water partition coefficient (Wildman–Crippen LogP) is 0.156. The average molecular weight is 135 g/mol. The first-order valence-corrected chi connectivity index (χ1v) is 3.36. The number of hydrogen-bond acceptors (Lipinski definition) is 3. The normalized spacial score (nSPS) is 9.12. The molecule has 0 aromatic rings. The van der Waals surface area contributed by atoms with Crippen LogP contribution in [0.15, 0.2) is 0 Å². The highest BCUT2D eigenvalue weighted by Gasteiger charge is 1.90. The Morgan fingerprint density at radius 2 is 2.50 bits per heavy atom. The average Bonchev–Trinajstić information content (AvgIpc) is 1.66. The largest absolute Gasteiger partial charge is 0.370 e. The van der Waals surface area contributed by atoms with Crippen molar-refractivity contribution in [2.24, 2.45) is 5.73 Å². The molecular weight excluding hydrogens is 126 g/mol. The summed E-state index contributed by atoms with van der Waals surface area (Å²) < 4.78 is 4.76. The van der Waals surface area contributed by atoms with Crippen LogP contribution in [0.2, 0.25) is 0 Å². The first-order chi connectivity index (χ1) is 3.77. The minimum absolute atomic E-state index is 0.306. The van der Waals surface area contributed by atoms with Crippen molar-refractivity contribution in [3.05, 3.63) is 0 Å². The van der Waals surface area contributed by atoms with Crippen molar-refractivity contribution >= 4 is 17.9 Å². The van der Waals surface area contributed by atoms with E-state index in [9.17, 15) is 4.79 Å². The Morgan fingerprint density at radius 1 is 1.88 bits per heavy atom. The zero-order valence-corrected chi connectivity index (χ0v) is 5.53. The molecule has 1 amide bonds. The van der Waals surface area contributed by atoms with Gasteiger partial charge in [0.1, 0.15) is 0 Å². The minimum atomic E-state index is -0.320. The molecule has 0 saturated carbocycles. The molecule has 0 fully saturated rings. The first-order valence-electron chi connectivity index (χ1n) is 2.21. The molecule has 48 valence electrons. The van der Waals surface area contributed by atoms with Crippen LogP contribution in [0.3, 0.4) is 0 Å². The van der Waals surface area contributed by atoms with Crippen LogP contribution in [-0.4, -0.2) is 18.8 Å². The van der Waals surface area contributed by atoms with E-state index in [1.54, 1.807) is 6.26 Å². The maximum atomic E-state index is 10.0. The lowest BCUT2D eigenvalue weighted by molar-refractivity contribution is -0.118. The van der Waals surface area contributed by atoms with Crippen LogP contribution >= 0.6 is 12.0 Å². The number of carbonyl (C=O) groups is 1. The fraction of sp³-hybridized carbons (Fsp3) is 0.750. The van der Waals surface area contributed by atoms with Crippen LogP contribution < -0.4 is 5.73 Å². The van der Waals surface area contributed by atoms with Gasteiger partial charge in [-0.2, -0.15) is 0 Å². The van der Waals surface area contributed by atoms with E-state index in [0.717, 1.165) is 0 Å². The third kappa shape index (κ3) is 5.78. The summed E-state index contributed by atoms with van der Waals surface area (Å²) in [6.45, 7) is 0.413. The van der Waals surface area contributed by atoms with E-state index >= 15 is 0 Å². The van der Waals surface area contributed by atoms with Crippen LogP contribution in [-0.2, 0) is 8.98 Å². The van der Waals surface area contributed by atoms with Gasteiger partial charge in [0.15, 0.2) is 0 Å². The molecule has 8 heavy (non-hydrogen) atoms. The van der Waals surface area contributed by atoms with E-state index < -0.39 is 0 Å². The highest BCUT2D eigenvalue weighted by atomic mass is 32.2. The van der Waals surface area contributed by atoms with Crippen LogP contribution in [0, 0.1) is 0 Å². The molecule has 0 aliphatic carbocycles. The Bertz CT molecular complexity index is 76.4. The Morgan fingerprint density at radius 3 is 2.88 bits per heavy atom. The van der Waals surface area contributed by atoms with Gasteiger partial charge < -0.3 is 9.92 Å². The van der Waals surface area contributed by atoms with E-state index in [1.807, 2.05) is 0 Å². The number of rotatable bonds is 4. The molecule has 0 atom stereocenters. The van der Waals surface area contributed by atoms with E-state index in [2.05, 4.69) is 0 Å². The smallest absolute Gasteiger partial charge is 0.219 e. The van der Waals surface area contributed by atoms with Crippen molar-refractivity contribution in [2.75, 3.05) is 12.9 Å². The third-order valence-corrected chi connectivity index (χ3v) is 0.952. The van der Waals surface area contributed by atoms with E-state index in [1.165, 1.54) is 12.0 Å². The maximum Gasteiger partial charge on any atom is 0.219 e. The van der Waals surface area contributed by atoms with Crippen molar-refractivity contribution in [3.63, 3.8) is 0 Å². The Hall–Kier alpha value is -0.220. The highest BCUT2D eigenvalue weighted by molar-refractivity contribution is 7.93. The molecule has 0 saturated heterocycles. The quantitative estimate of drug-likeness (QED) is 0.441. The Balaban J connectivity index is 2.82. The zero-order chi connectivity index (χ0) is 6.41. The SMILES string of the molecule is CSOCCC(N)=O. The van der Waals surface area contributed by atoms with Crippen LogP contribution in [0.5, 0.6) is 0 Å². The zero-order valence-electron chi connectivity index (χ0n) is 4.72. The molecule has 0 spiro atoms. The van der Waals surface area contributed by atoms with Gasteiger partial charge in [-0.15, -0.1) is 0 Å². The molecule has 0 aromatic heterocycles. The second kappa shape index (κ2) is 4.93. The van der Waals surface area contributed by atoms with Gasteiger partial charge >= 0.3 is 0 Å². The molecular formula is C4H9NO2S. The summed E-state index contributed by atoms with van der Waals surface area (Å²) in [5.74, 6) is -0.320. The second-order valence-electron chi connectivity index (χ2n) is 1.20. The predicted molar refractivity (Wildman–Crippen MR) is 33.3 cm³/mol. The lowest BCUT2D eigenvalue weighted by Crippen LogP contribution is -2.12. The highest BCUT2D eigenvalue weighted by Crippen LogP contribution is 1.94. The maximum absolute atomic E-state index is 10.0. The summed E-state index contributed by atoms with van der Waals surface area (Å²) >= 11 is 1.24. The molecule has 0 aliphatic heterocycles. The van der Waals surface area contributed by atoms with Crippen molar-refractivity contribution in [3.8, 4) is 0 Å². The molecule has 0 heterocycles. The number of amides is 1. The summed E-state index contributed by atoms with van der Waals surface area (Å²) in [6, 6.07) is 0. The molecule has 0 bridgehead atoms. The molecule has 0 aliphatic rings. The first kappa shape index (κ1) is 7.78. The van der Waals surface area contributed by atoms with Crippen molar-refractivity contribution < 1.29 is 8.98 Å². The van der Waals surface area contributed by atoms with Gasteiger partial charge in [0.05, 0.1) is 13.0 Å². The topological polar surface area (TPSA) is 52.3 Å². The van der Waals surface area contributed by atoms with Gasteiger partial charge in [0.25, 0.3) is 0 Å². The lowest BCUT2D eigenvalue weighted by atomic mass is 10.4. The number of hydrogen-bond donors (Lipinski definition) is 1.